The van der Waals surface area contributed by atoms with Crippen molar-refractivity contribution in [1.29, 1.82) is 0 Å². The minimum atomic E-state index is -0.115. The number of rotatable bonds is 6. The van der Waals surface area contributed by atoms with Gasteiger partial charge < -0.3 is 24.5 Å². The Bertz CT molecular complexity index is 1050. The number of oxazole rings is 1. The highest BCUT2D eigenvalue weighted by Gasteiger charge is 2.13. The van der Waals surface area contributed by atoms with Crippen molar-refractivity contribution in [3.05, 3.63) is 36.4 Å². The molecule has 0 spiro atoms. The molecule has 1 amide bonds. The van der Waals surface area contributed by atoms with Crippen LogP contribution in [-0.4, -0.2) is 30.2 Å². The Morgan fingerprint density at radius 2 is 1.90 bits per heavy atom. The molecule has 0 saturated carbocycles. The van der Waals surface area contributed by atoms with Crippen LogP contribution in [0.25, 0.3) is 22.6 Å². The van der Waals surface area contributed by atoms with E-state index < -0.39 is 0 Å². The van der Waals surface area contributed by atoms with Crippen molar-refractivity contribution in [1.82, 2.24) is 10.3 Å². The number of hydrogen-bond acceptors (Lipinski definition) is 6. The van der Waals surface area contributed by atoms with E-state index >= 15 is 0 Å². The van der Waals surface area contributed by atoms with Gasteiger partial charge in [-0.05, 0) is 54.5 Å². The summed E-state index contributed by atoms with van der Waals surface area (Å²) in [5.41, 5.74) is 2.77. The number of nitrogens with one attached hydrogen (secondary N) is 2. The lowest BCUT2D eigenvalue weighted by Gasteiger charge is -2.10. The average molecular weight is 413 g/mol. The molecule has 0 bridgehead atoms. The molecule has 3 aromatic rings. The van der Waals surface area contributed by atoms with Gasteiger partial charge in [0.2, 0.25) is 11.8 Å². The van der Waals surface area contributed by atoms with E-state index in [4.69, 9.17) is 26.1 Å². The summed E-state index contributed by atoms with van der Waals surface area (Å²) in [6.07, 6.45) is 0.416. The second-order valence-electron chi connectivity index (χ2n) is 6.87. The molecule has 0 aliphatic rings. The number of benzene rings is 2. The third-order valence-corrected chi connectivity index (χ3v) is 4.33. The molecule has 3 rings (SSSR count). The fraction of sp³-hybridized carbons (Fsp3) is 0.286. The highest BCUT2D eigenvalue weighted by atomic mass is 32.1. The molecule has 29 heavy (non-hydrogen) atoms. The predicted octanol–water partition coefficient (Wildman–Crippen LogP) is 4.37. The first-order chi connectivity index (χ1) is 13.9. The minimum Gasteiger partial charge on any atom is -0.493 e. The smallest absolute Gasteiger partial charge is 0.227 e. The molecule has 2 N–H and O–H groups in total. The second kappa shape index (κ2) is 8.91. The maximum atomic E-state index is 11.8. The van der Waals surface area contributed by atoms with Crippen molar-refractivity contribution in [2.24, 2.45) is 5.92 Å². The molecule has 0 fully saturated rings. The molecule has 8 heteroatoms. The Balaban J connectivity index is 1.78. The molecule has 2 aromatic carbocycles. The molecule has 7 nitrogen and oxygen atoms in total. The van der Waals surface area contributed by atoms with Crippen LogP contribution >= 0.6 is 12.2 Å². The van der Waals surface area contributed by atoms with E-state index in [1.165, 1.54) is 0 Å². The molecule has 1 aromatic heterocycles. The van der Waals surface area contributed by atoms with E-state index in [0.29, 0.717) is 40.6 Å². The maximum Gasteiger partial charge on any atom is 0.227 e. The van der Waals surface area contributed by atoms with Gasteiger partial charge in [0.15, 0.2) is 22.2 Å². The average Bonchev–Trinajstić information content (AvgIpc) is 3.09. The third-order valence-electron chi connectivity index (χ3n) is 4.12. The monoisotopic (exact) mass is 413 g/mol. The van der Waals surface area contributed by atoms with Gasteiger partial charge >= 0.3 is 0 Å². The van der Waals surface area contributed by atoms with E-state index in [9.17, 15) is 4.79 Å². The molecule has 0 unspecified atom stereocenters. The fourth-order valence-electron chi connectivity index (χ4n) is 2.81. The van der Waals surface area contributed by atoms with E-state index in [0.717, 1.165) is 5.56 Å². The van der Waals surface area contributed by atoms with Crippen LogP contribution in [0.2, 0.25) is 0 Å². The number of methoxy groups -OCH3 is 2. The van der Waals surface area contributed by atoms with Gasteiger partial charge in [-0.1, -0.05) is 13.8 Å². The zero-order valence-corrected chi connectivity index (χ0v) is 17.6. The van der Waals surface area contributed by atoms with Crippen LogP contribution in [0.4, 0.5) is 5.69 Å². The standard InChI is InChI=1S/C21H23N3O4S/c1-12(2)9-19(25)24-21(29)22-14-6-8-16-15(11-14)23-20(28-16)13-5-7-17(26-3)18(10-13)27-4/h5-8,10-12H,9H2,1-4H3,(H2,22,24,25,29). The minimum absolute atomic E-state index is 0.115. The van der Waals surface area contributed by atoms with Crippen LogP contribution in [0.5, 0.6) is 11.5 Å². The van der Waals surface area contributed by atoms with Gasteiger partial charge in [-0.25, -0.2) is 4.98 Å². The van der Waals surface area contributed by atoms with Crippen LogP contribution in [0.3, 0.4) is 0 Å². The predicted molar refractivity (Wildman–Crippen MR) is 116 cm³/mol. The number of thiocarbonyl (C=S) groups is 1. The first-order valence-corrected chi connectivity index (χ1v) is 9.54. The van der Waals surface area contributed by atoms with Gasteiger partial charge in [-0.15, -0.1) is 0 Å². The quantitative estimate of drug-likeness (QED) is 0.580. The van der Waals surface area contributed by atoms with Crippen LogP contribution in [-0.2, 0) is 4.79 Å². The number of ether oxygens (including phenoxy) is 2. The second-order valence-corrected chi connectivity index (χ2v) is 7.28. The van der Waals surface area contributed by atoms with E-state index in [1.54, 1.807) is 26.4 Å². The molecule has 0 radical (unpaired) electrons. The summed E-state index contributed by atoms with van der Waals surface area (Å²) in [4.78, 5) is 16.4. The van der Waals surface area contributed by atoms with Crippen molar-refractivity contribution >= 4 is 40.0 Å². The summed E-state index contributed by atoms with van der Waals surface area (Å²) < 4.78 is 16.5. The van der Waals surface area contributed by atoms with Crippen molar-refractivity contribution in [3.8, 4) is 23.0 Å². The Hall–Kier alpha value is -3.13. The van der Waals surface area contributed by atoms with Gasteiger partial charge in [0.25, 0.3) is 0 Å². The summed E-state index contributed by atoms with van der Waals surface area (Å²) in [6.45, 7) is 3.95. The molecule has 152 valence electrons. The fourth-order valence-corrected chi connectivity index (χ4v) is 3.04. The number of amides is 1. The number of fused-ring (bicyclic) bond motifs is 1. The number of carbonyl (C=O) groups excluding carboxylic acids is 1. The molecular formula is C21H23N3O4S. The Kier molecular flexibility index (Phi) is 6.33. The molecule has 0 aliphatic heterocycles. The third kappa shape index (κ3) is 5.03. The lowest BCUT2D eigenvalue weighted by Crippen LogP contribution is -2.34. The number of nitrogens with zero attached hydrogens (tertiary/aromatic N) is 1. The highest BCUT2D eigenvalue weighted by molar-refractivity contribution is 7.80. The Morgan fingerprint density at radius 3 is 2.59 bits per heavy atom. The SMILES string of the molecule is COc1ccc(-c2nc3cc(NC(=S)NC(=O)CC(C)C)ccc3o2)cc1OC. The van der Waals surface area contributed by atoms with Crippen LogP contribution in [0.1, 0.15) is 20.3 Å². The summed E-state index contributed by atoms with van der Waals surface area (Å²) in [5, 5.41) is 5.92. The van der Waals surface area contributed by atoms with Gasteiger partial charge in [0.05, 0.1) is 14.2 Å². The van der Waals surface area contributed by atoms with Gasteiger partial charge in [0, 0.05) is 17.7 Å². The number of hydrogen-bond donors (Lipinski definition) is 2. The highest BCUT2D eigenvalue weighted by Crippen LogP contribution is 2.33. The number of aromatic nitrogens is 1. The Morgan fingerprint density at radius 1 is 1.14 bits per heavy atom. The van der Waals surface area contributed by atoms with Crippen LogP contribution in [0.15, 0.2) is 40.8 Å². The van der Waals surface area contributed by atoms with Gasteiger partial charge in [-0.3, -0.25) is 4.79 Å². The normalized spacial score (nSPS) is 10.8. The first kappa shape index (κ1) is 20.6. The topological polar surface area (TPSA) is 85.6 Å². The molecule has 1 heterocycles. The first-order valence-electron chi connectivity index (χ1n) is 9.13. The van der Waals surface area contributed by atoms with E-state index in [-0.39, 0.29) is 16.9 Å². The lowest BCUT2D eigenvalue weighted by atomic mass is 10.1. The lowest BCUT2D eigenvalue weighted by molar-refractivity contribution is -0.120. The van der Waals surface area contributed by atoms with Crippen molar-refractivity contribution in [2.45, 2.75) is 20.3 Å². The molecule has 0 atom stereocenters. The van der Waals surface area contributed by atoms with Crippen molar-refractivity contribution in [3.63, 3.8) is 0 Å². The van der Waals surface area contributed by atoms with E-state index in [1.807, 2.05) is 38.1 Å². The van der Waals surface area contributed by atoms with Crippen LogP contribution < -0.4 is 20.1 Å². The number of carbonyl (C=O) groups is 1. The van der Waals surface area contributed by atoms with Crippen LogP contribution in [0, 0.1) is 5.92 Å². The van der Waals surface area contributed by atoms with Crippen molar-refractivity contribution < 1.29 is 18.7 Å². The summed E-state index contributed by atoms with van der Waals surface area (Å²) in [5.74, 6) is 1.84. The summed E-state index contributed by atoms with van der Waals surface area (Å²) in [7, 11) is 3.16. The molecule has 0 aliphatic carbocycles. The zero-order chi connectivity index (χ0) is 21.0. The Labute approximate surface area is 174 Å². The van der Waals surface area contributed by atoms with Gasteiger partial charge in [0.1, 0.15) is 5.52 Å². The summed E-state index contributed by atoms with van der Waals surface area (Å²) >= 11 is 5.21. The van der Waals surface area contributed by atoms with Gasteiger partial charge in [-0.2, -0.15) is 0 Å². The largest absolute Gasteiger partial charge is 0.493 e. The van der Waals surface area contributed by atoms with E-state index in [2.05, 4.69) is 15.6 Å². The zero-order valence-electron chi connectivity index (χ0n) is 16.7. The van der Waals surface area contributed by atoms with Crippen molar-refractivity contribution in [2.75, 3.05) is 19.5 Å². The number of anilines is 1. The summed E-state index contributed by atoms with van der Waals surface area (Å²) in [6, 6.07) is 10.9. The molecule has 0 saturated heterocycles. The molecular weight excluding hydrogens is 390 g/mol. The maximum absolute atomic E-state index is 11.8.